The Kier molecular flexibility index (Phi) is 1.22. The number of hydrogen-bond acceptors (Lipinski definition) is 3. The number of ketones is 1. The quantitative estimate of drug-likeness (QED) is 0.682. The third kappa shape index (κ3) is 0.715. The molecule has 3 aliphatic rings. The van der Waals surface area contributed by atoms with E-state index in [2.05, 4.69) is 6.92 Å². The second kappa shape index (κ2) is 1.93. The van der Waals surface area contributed by atoms with Crippen LogP contribution in [0.5, 0.6) is 0 Å². The van der Waals surface area contributed by atoms with E-state index in [9.17, 15) is 13.2 Å². The van der Waals surface area contributed by atoms with Gasteiger partial charge in [0.05, 0.1) is 11.2 Å². The molecule has 4 nitrogen and oxygen atoms in total. The largest absolute Gasteiger partial charge is 0.299 e. The summed E-state index contributed by atoms with van der Waals surface area (Å²) in [5.74, 6) is 0.580. The van der Waals surface area contributed by atoms with Gasteiger partial charge in [-0.25, -0.2) is 0 Å². The summed E-state index contributed by atoms with van der Waals surface area (Å²) in [6.07, 6.45) is 1.21. The Morgan fingerprint density at radius 3 is 2.64 bits per heavy atom. The first kappa shape index (κ1) is 8.85. The first-order valence-electron chi connectivity index (χ1n) is 4.82. The maximum atomic E-state index is 11.6. The van der Waals surface area contributed by atoms with Crippen LogP contribution >= 0.6 is 0 Å². The topological polar surface area (TPSA) is 71.4 Å². The Morgan fingerprint density at radius 2 is 2.21 bits per heavy atom. The van der Waals surface area contributed by atoms with E-state index in [4.69, 9.17) is 4.55 Å². The minimum atomic E-state index is -4.01. The standard InChI is InChI=1S/C9H12O4S/c1-5-6-2-7(10)8(3-9(5,6)8)4-14(11,12)13/h5-6H,2-4H2,1H3,(H,11,12,13). The second-order valence-electron chi connectivity index (χ2n) is 5.05. The highest BCUT2D eigenvalue weighted by molar-refractivity contribution is 7.85. The van der Waals surface area contributed by atoms with Crippen LogP contribution < -0.4 is 0 Å². The van der Waals surface area contributed by atoms with Crippen LogP contribution in [-0.2, 0) is 14.9 Å². The average Bonchev–Trinajstić information content (AvgIpc) is 2.76. The van der Waals surface area contributed by atoms with E-state index in [1.165, 1.54) is 0 Å². The molecule has 0 aromatic carbocycles. The Labute approximate surface area is 82.4 Å². The summed E-state index contributed by atoms with van der Waals surface area (Å²) in [6, 6.07) is 0. The second-order valence-corrected chi connectivity index (χ2v) is 6.50. The van der Waals surface area contributed by atoms with E-state index in [1.807, 2.05) is 0 Å². The fourth-order valence-corrected chi connectivity index (χ4v) is 5.11. The molecule has 0 aliphatic heterocycles. The molecule has 3 aliphatic carbocycles. The molecule has 0 aromatic heterocycles. The molecule has 0 heterocycles. The van der Waals surface area contributed by atoms with E-state index < -0.39 is 15.5 Å². The van der Waals surface area contributed by atoms with Crippen LogP contribution in [0.3, 0.4) is 0 Å². The van der Waals surface area contributed by atoms with Gasteiger partial charge in [0, 0.05) is 6.42 Å². The van der Waals surface area contributed by atoms with Crippen molar-refractivity contribution in [2.75, 3.05) is 5.75 Å². The fraction of sp³-hybridized carbons (Fsp3) is 0.889. The Balaban J connectivity index is 1.97. The fourth-order valence-electron chi connectivity index (χ4n) is 3.95. The number of Topliss-reactive ketones (excluding diaryl/α,β-unsaturated/α-hetero) is 1. The van der Waals surface area contributed by atoms with Gasteiger partial charge in [0.25, 0.3) is 10.1 Å². The van der Waals surface area contributed by atoms with Gasteiger partial charge >= 0.3 is 0 Å². The van der Waals surface area contributed by atoms with Crippen LogP contribution in [0.2, 0.25) is 0 Å². The summed E-state index contributed by atoms with van der Waals surface area (Å²) in [7, 11) is -4.01. The predicted octanol–water partition coefficient (Wildman–Crippen LogP) is 0.489. The van der Waals surface area contributed by atoms with Crippen LogP contribution in [0.25, 0.3) is 0 Å². The molecule has 3 fully saturated rings. The molecule has 0 radical (unpaired) electrons. The van der Waals surface area contributed by atoms with Crippen molar-refractivity contribution in [3.63, 3.8) is 0 Å². The number of rotatable bonds is 2. The normalized spacial score (nSPS) is 54.0. The van der Waals surface area contributed by atoms with Crippen molar-refractivity contribution in [3.05, 3.63) is 0 Å². The SMILES string of the molecule is CC1C2CC(=O)C3(CS(=O)(=O)O)CC123. The molecule has 78 valence electrons. The summed E-state index contributed by atoms with van der Waals surface area (Å²) in [6.45, 7) is 2.07. The lowest BCUT2D eigenvalue weighted by Crippen LogP contribution is -2.25. The highest BCUT2D eigenvalue weighted by atomic mass is 32.2. The van der Waals surface area contributed by atoms with Crippen LogP contribution in [0.4, 0.5) is 0 Å². The first-order valence-corrected chi connectivity index (χ1v) is 6.43. The molecule has 0 saturated heterocycles. The molecule has 5 heteroatoms. The predicted molar refractivity (Wildman–Crippen MR) is 48.2 cm³/mol. The first-order chi connectivity index (χ1) is 6.33. The van der Waals surface area contributed by atoms with Crippen molar-refractivity contribution >= 4 is 15.9 Å². The van der Waals surface area contributed by atoms with E-state index in [1.54, 1.807) is 0 Å². The van der Waals surface area contributed by atoms with Crippen LogP contribution in [0.15, 0.2) is 0 Å². The van der Waals surface area contributed by atoms with Crippen molar-refractivity contribution in [2.45, 2.75) is 19.8 Å². The molecule has 1 N–H and O–H groups in total. The third-order valence-electron chi connectivity index (χ3n) is 4.70. The summed E-state index contributed by atoms with van der Waals surface area (Å²) in [4.78, 5) is 11.6. The Hall–Kier alpha value is -0.420. The van der Waals surface area contributed by atoms with E-state index in [-0.39, 0.29) is 17.0 Å². The smallest absolute Gasteiger partial charge is 0.265 e. The van der Waals surface area contributed by atoms with E-state index in [0.29, 0.717) is 24.7 Å². The molecule has 0 amide bonds. The molecule has 4 unspecified atom stereocenters. The summed E-state index contributed by atoms with van der Waals surface area (Å²) >= 11 is 0. The van der Waals surface area contributed by atoms with Gasteiger partial charge in [-0.05, 0) is 23.7 Å². The monoisotopic (exact) mass is 216 g/mol. The molecule has 14 heavy (non-hydrogen) atoms. The zero-order chi connectivity index (χ0) is 10.4. The average molecular weight is 216 g/mol. The zero-order valence-electron chi connectivity index (χ0n) is 7.86. The van der Waals surface area contributed by atoms with Gasteiger partial charge in [0.1, 0.15) is 5.78 Å². The third-order valence-corrected chi connectivity index (χ3v) is 5.55. The molecule has 3 rings (SSSR count). The molecule has 4 atom stereocenters. The maximum absolute atomic E-state index is 11.6. The lowest BCUT2D eigenvalue weighted by atomic mass is 9.99. The van der Waals surface area contributed by atoms with Crippen LogP contribution in [0, 0.1) is 22.7 Å². The summed E-state index contributed by atoms with van der Waals surface area (Å²) in [5.41, 5.74) is -0.718. The van der Waals surface area contributed by atoms with Crippen molar-refractivity contribution in [1.29, 1.82) is 0 Å². The Bertz CT molecular complexity index is 440. The number of carbonyl (C=O) groups is 1. The molecular weight excluding hydrogens is 204 g/mol. The van der Waals surface area contributed by atoms with Gasteiger partial charge in [-0.2, -0.15) is 8.42 Å². The van der Waals surface area contributed by atoms with Gasteiger partial charge < -0.3 is 0 Å². The Morgan fingerprint density at radius 1 is 1.57 bits per heavy atom. The van der Waals surface area contributed by atoms with Crippen LogP contribution in [-0.4, -0.2) is 24.5 Å². The van der Waals surface area contributed by atoms with E-state index in [0.717, 1.165) is 0 Å². The molecular formula is C9H12O4S. The summed E-state index contributed by atoms with van der Waals surface area (Å²) in [5, 5.41) is 0. The minimum Gasteiger partial charge on any atom is -0.299 e. The van der Waals surface area contributed by atoms with Crippen molar-refractivity contribution in [1.82, 2.24) is 0 Å². The van der Waals surface area contributed by atoms with Crippen molar-refractivity contribution in [3.8, 4) is 0 Å². The van der Waals surface area contributed by atoms with Crippen molar-refractivity contribution < 1.29 is 17.8 Å². The van der Waals surface area contributed by atoms with Gasteiger partial charge in [-0.15, -0.1) is 0 Å². The zero-order valence-corrected chi connectivity index (χ0v) is 8.67. The van der Waals surface area contributed by atoms with Gasteiger partial charge in [-0.3, -0.25) is 9.35 Å². The molecule has 3 saturated carbocycles. The molecule has 0 bridgehead atoms. The van der Waals surface area contributed by atoms with Crippen molar-refractivity contribution in [2.24, 2.45) is 22.7 Å². The van der Waals surface area contributed by atoms with Gasteiger partial charge in [-0.1, -0.05) is 6.92 Å². The lowest BCUT2D eigenvalue weighted by Gasteiger charge is -2.10. The minimum absolute atomic E-state index is 0.0279. The highest BCUT2D eigenvalue weighted by Crippen LogP contribution is 2.90. The molecule has 1 spiro atoms. The number of carbonyl (C=O) groups excluding carboxylic acids is 1. The maximum Gasteiger partial charge on any atom is 0.265 e. The van der Waals surface area contributed by atoms with Gasteiger partial charge in [0.15, 0.2) is 0 Å². The summed E-state index contributed by atoms with van der Waals surface area (Å²) < 4.78 is 30.5. The van der Waals surface area contributed by atoms with Gasteiger partial charge in [0.2, 0.25) is 0 Å². The lowest BCUT2D eigenvalue weighted by molar-refractivity contribution is -0.123. The van der Waals surface area contributed by atoms with Crippen LogP contribution in [0.1, 0.15) is 19.8 Å². The highest BCUT2D eigenvalue weighted by Gasteiger charge is 2.90. The van der Waals surface area contributed by atoms with E-state index >= 15 is 0 Å². The molecule has 0 aromatic rings. The number of hydrogen-bond donors (Lipinski definition) is 1.